The number of nitrogens with one attached hydrogen (secondary N) is 1. The molecular weight excluding hydrogens is 220 g/mol. The van der Waals surface area contributed by atoms with Gasteiger partial charge in [0.2, 0.25) is 0 Å². The number of likely N-dealkylation sites (tertiary alicyclic amines) is 1. The van der Waals surface area contributed by atoms with Crippen LogP contribution in [0.15, 0.2) is 12.7 Å². The molecule has 1 aliphatic heterocycles. The van der Waals surface area contributed by atoms with E-state index in [9.17, 15) is 9.59 Å². The minimum atomic E-state index is -1.03. The maximum Gasteiger partial charge on any atom is 0.326 e. The fourth-order valence-electron chi connectivity index (χ4n) is 2.02. The molecule has 2 atom stereocenters. The lowest BCUT2D eigenvalue weighted by Gasteiger charge is -2.34. The quantitative estimate of drug-likeness (QED) is 0.733. The van der Waals surface area contributed by atoms with Crippen LogP contribution in [-0.2, 0) is 4.79 Å². The van der Waals surface area contributed by atoms with Gasteiger partial charge in [-0.1, -0.05) is 6.08 Å². The number of nitrogens with zero attached hydrogens (tertiary/aromatic N) is 1. The Balaban J connectivity index is 2.56. The molecule has 96 valence electrons. The van der Waals surface area contributed by atoms with E-state index in [0.29, 0.717) is 6.54 Å². The van der Waals surface area contributed by atoms with Crippen molar-refractivity contribution in [3.05, 3.63) is 12.7 Å². The van der Waals surface area contributed by atoms with Gasteiger partial charge in [-0.05, 0) is 32.6 Å². The first kappa shape index (κ1) is 13.5. The Morgan fingerprint density at radius 2 is 2.29 bits per heavy atom. The van der Waals surface area contributed by atoms with Crippen LogP contribution >= 0.6 is 0 Å². The van der Waals surface area contributed by atoms with Crippen LogP contribution in [0, 0.1) is 0 Å². The lowest BCUT2D eigenvalue weighted by atomic mass is 10.0. The molecule has 0 radical (unpaired) electrons. The largest absolute Gasteiger partial charge is 0.480 e. The van der Waals surface area contributed by atoms with E-state index in [2.05, 4.69) is 11.9 Å². The Hall–Kier alpha value is -1.52. The summed E-state index contributed by atoms with van der Waals surface area (Å²) < 4.78 is 0. The van der Waals surface area contributed by atoms with Crippen molar-refractivity contribution in [2.45, 2.75) is 44.7 Å². The average Bonchev–Trinajstić information content (AvgIpc) is 2.28. The molecule has 0 aromatic rings. The Bertz CT molecular complexity index is 304. The van der Waals surface area contributed by atoms with Crippen molar-refractivity contribution in [2.24, 2.45) is 0 Å². The molecule has 5 heteroatoms. The van der Waals surface area contributed by atoms with E-state index in [4.69, 9.17) is 5.11 Å². The van der Waals surface area contributed by atoms with Crippen LogP contribution < -0.4 is 5.32 Å². The lowest BCUT2D eigenvalue weighted by Crippen LogP contribution is -2.52. The molecule has 1 fully saturated rings. The first-order chi connectivity index (χ1) is 8.06. The number of carboxylic acids is 1. The number of urea groups is 1. The summed E-state index contributed by atoms with van der Waals surface area (Å²) >= 11 is 0. The van der Waals surface area contributed by atoms with Crippen LogP contribution in [0.4, 0.5) is 4.79 Å². The van der Waals surface area contributed by atoms with Gasteiger partial charge in [-0.15, -0.1) is 6.58 Å². The van der Waals surface area contributed by atoms with Crippen LogP contribution in [0.3, 0.4) is 0 Å². The summed E-state index contributed by atoms with van der Waals surface area (Å²) in [5.41, 5.74) is 0. The molecule has 0 spiro atoms. The summed E-state index contributed by atoms with van der Waals surface area (Å²) in [6.45, 7) is 6.18. The van der Waals surface area contributed by atoms with Gasteiger partial charge in [0.15, 0.2) is 0 Å². The first-order valence-electron chi connectivity index (χ1n) is 5.97. The van der Waals surface area contributed by atoms with Gasteiger partial charge in [-0.25, -0.2) is 9.59 Å². The maximum absolute atomic E-state index is 11.9. The van der Waals surface area contributed by atoms with Crippen LogP contribution in [0.1, 0.15) is 32.6 Å². The molecule has 1 saturated heterocycles. The Labute approximate surface area is 101 Å². The molecule has 1 aliphatic rings. The second kappa shape index (κ2) is 6.27. The standard InChI is InChI=1S/C12H20N2O3/c1-3-6-10(11(15)16)13-12(17)14-8-5-4-7-9(14)2/h3,9-10H,1,4-8H2,2H3,(H,13,17)(H,15,16). The van der Waals surface area contributed by atoms with Crippen LogP contribution in [-0.4, -0.2) is 40.6 Å². The third-order valence-electron chi connectivity index (χ3n) is 3.06. The summed E-state index contributed by atoms with van der Waals surface area (Å²) in [7, 11) is 0. The van der Waals surface area contributed by atoms with Gasteiger partial charge in [-0.3, -0.25) is 0 Å². The summed E-state index contributed by atoms with van der Waals surface area (Å²) in [5.74, 6) is -1.03. The maximum atomic E-state index is 11.9. The van der Waals surface area contributed by atoms with Crippen molar-refractivity contribution < 1.29 is 14.7 Å². The van der Waals surface area contributed by atoms with Crippen LogP contribution in [0.5, 0.6) is 0 Å². The number of amides is 2. The minimum Gasteiger partial charge on any atom is -0.480 e. The first-order valence-corrected chi connectivity index (χ1v) is 5.97. The molecular formula is C12H20N2O3. The smallest absolute Gasteiger partial charge is 0.326 e. The average molecular weight is 240 g/mol. The molecule has 0 bridgehead atoms. The number of piperidine rings is 1. The number of carbonyl (C=O) groups excluding carboxylic acids is 1. The SMILES string of the molecule is C=CCC(NC(=O)N1CCCCC1C)C(=O)O. The topological polar surface area (TPSA) is 69.6 Å². The molecule has 1 rings (SSSR count). The van der Waals surface area contributed by atoms with Crippen LogP contribution in [0.2, 0.25) is 0 Å². The zero-order chi connectivity index (χ0) is 12.8. The fraction of sp³-hybridized carbons (Fsp3) is 0.667. The number of rotatable bonds is 4. The normalized spacial score (nSPS) is 21.7. The van der Waals surface area contributed by atoms with Gasteiger partial charge in [0, 0.05) is 12.6 Å². The summed E-state index contributed by atoms with van der Waals surface area (Å²) in [4.78, 5) is 24.5. The molecule has 2 unspecified atom stereocenters. The molecule has 2 N–H and O–H groups in total. The number of hydrogen-bond acceptors (Lipinski definition) is 2. The summed E-state index contributed by atoms with van der Waals surface area (Å²) in [5, 5.41) is 11.5. The van der Waals surface area contributed by atoms with Crippen molar-refractivity contribution in [2.75, 3.05) is 6.54 Å². The Kier molecular flexibility index (Phi) is 5.00. The number of carboxylic acid groups (broad SMARTS) is 1. The molecule has 0 aromatic heterocycles. The highest BCUT2D eigenvalue weighted by Crippen LogP contribution is 2.16. The minimum absolute atomic E-state index is 0.182. The molecule has 0 aromatic carbocycles. The van der Waals surface area contributed by atoms with Gasteiger partial charge in [-0.2, -0.15) is 0 Å². The van der Waals surface area contributed by atoms with Crippen molar-refractivity contribution in [1.82, 2.24) is 10.2 Å². The van der Waals surface area contributed by atoms with Gasteiger partial charge >= 0.3 is 12.0 Å². The third-order valence-corrected chi connectivity index (χ3v) is 3.06. The van der Waals surface area contributed by atoms with Gasteiger partial charge in [0.25, 0.3) is 0 Å². The molecule has 17 heavy (non-hydrogen) atoms. The van der Waals surface area contributed by atoms with E-state index in [1.807, 2.05) is 6.92 Å². The van der Waals surface area contributed by atoms with E-state index in [1.165, 1.54) is 6.08 Å². The highest BCUT2D eigenvalue weighted by Gasteiger charge is 2.26. The lowest BCUT2D eigenvalue weighted by molar-refractivity contribution is -0.139. The highest BCUT2D eigenvalue weighted by molar-refractivity contribution is 5.82. The molecule has 0 saturated carbocycles. The third kappa shape index (κ3) is 3.76. The van der Waals surface area contributed by atoms with E-state index in [1.54, 1.807) is 4.90 Å². The van der Waals surface area contributed by atoms with E-state index in [-0.39, 0.29) is 18.5 Å². The van der Waals surface area contributed by atoms with Gasteiger partial charge in [0.05, 0.1) is 0 Å². The number of hydrogen-bond donors (Lipinski definition) is 2. The van der Waals surface area contributed by atoms with Gasteiger partial charge in [0.1, 0.15) is 6.04 Å². The molecule has 1 heterocycles. The van der Waals surface area contributed by atoms with Crippen molar-refractivity contribution >= 4 is 12.0 Å². The second-order valence-corrected chi connectivity index (χ2v) is 4.40. The predicted octanol–water partition coefficient (Wildman–Crippen LogP) is 1.60. The summed E-state index contributed by atoms with van der Waals surface area (Å²) in [6.07, 6.45) is 4.82. The van der Waals surface area contributed by atoms with Crippen LogP contribution in [0.25, 0.3) is 0 Å². The van der Waals surface area contributed by atoms with Crippen molar-refractivity contribution in [3.63, 3.8) is 0 Å². The molecule has 0 aliphatic carbocycles. The Morgan fingerprint density at radius 1 is 1.59 bits per heavy atom. The van der Waals surface area contributed by atoms with E-state index < -0.39 is 12.0 Å². The van der Waals surface area contributed by atoms with E-state index in [0.717, 1.165) is 19.3 Å². The number of aliphatic carboxylic acids is 1. The zero-order valence-corrected chi connectivity index (χ0v) is 10.2. The summed E-state index contributed by atoms with van der Waals surface area (Å²) in [6, 6.07) is -0.984. The second-order valence-electron chi connectivity index (χ2n) is 4.40. The zero-order valence-electron chi connectivity index (χ0n) is 10.2. The Morgan fingerprint density at radius 3 is 2.82 bits per heavy atom. The van der Waals surface area contributed by atoms with Gasteiger partial charge < -0.3 is 15.3 Å². The van der Waals surface area contributed by atoms with Crippen molar-refractivity contribution in [1.29, 1.82) is 0 Å². The highest BCUT2D eigenvalue weighted by atomic mass is 16.4. The monoisotopic (exact) mass is 240 g/mol. The molecule has 2 amide bonds. The fourth-order valence-corrected chi connectivity index (χ4v) is 2.02. The van der Waals surface area contributed by atoms with E-state index >= 15 is 0 Å². The predicted molar refractivity (Wildman–Crippen MR) is 64.8 cm³/mol. The number of carbonyl (C=O) groups is 2. The van der Waals surface area contributed by atoms with Crippen molar-refractivity contribution in [3.8, 4) is 0 Å². The molecule has 5 nitrogen and oxygen atoms in total.